The third kappa shape index (κ3) is 3.06. The van der Waals surface area contributed by atoms with E-state index in [1.54, 1.807) is 11.8 Å². The molecule has 0 aromatic heterocycles. The van der Waals surface area contributed by atoms with E-state index in [4.69, 9.17) is 17.3 Å². The molecule has 1 saturated heterocycles. The number of thioether (sulfide) groups is 1. The molecule has 88 valence electrons. The van der Waals surface area contributed by atoms with Gasteiger partial charge in [0.05, 0.1) is 5.02 Å². The van der Waals surface area contributed by atoms with Gasteiger partial charge in [0.15, 0.2) is 0 Å². The van der Waals surface area contributed by atoms with Crippen molar-refractivity contribution in [2.45, 2.75) is 17.7 Å². The van der Waals surface area contributed by atoms with Crippen LogP contribution in [0.3, 0.4) is 0 Å². The number of nitrogens with two attached hydrogens (primary N) is 1. The van der Waals surface area contributed by atoms with Crippen molar-refractivity contribution in [1.82, 2.24) is 5.32 Å². The van der Waals surface area contributed by atoms with Gasteiger partial charge in [-0.05, 0) is 44.0 Å². The Balaban J connectivity index is 1.93. The summed E-state index contributed by atoms with van der Waals surface area (Å²) in [4.78, 5) is 1.04. The summed E-state index contributed by atoms with van der Waals surface area (Å²) in [6, 6.07) is 5.70. The van der Waals surface area contributed by atoms with Gasteiger partial charge in [-0.2, -0.15) is 0 Å². The van der Waals surface area contributed by atoms with E-state index in [-0.39, 0.29) is 0 Å². The van der Waals surface area contributed by atoms with Gasteiger partial charge in [-0.25, -0.2) is 0 Å². The van der Waals surface area contributed by atoms with E-state index < -0.39 is 0 Å². The van der Waals surface area contributed by atoms with Crippen LogP contribution in [-0.2, 0) is 0 Å². The first-order chi connectivity index (χ1) is 7.77. The molecule has 3 N–H and O–H groups in total. The molecule has 0 spiro atoms. The van der Waals surface area contributed by atoms with Gasteiger partial charge in [0.2, 0.25) is 0 Å². The minimum atomic E-state index is 0.745. The van der Waals surface area contributed by atoms with E-state index in [0.29, 0.717) is 0 Å². The maximum absolute atomic E-state index is 6.13. The number of rotatable bonds is 3. The normalized spacial score (nSPS) is 20.9. The van der Waals surface area contributed by atoms with Gasteiger partial charge in [-0.15, -0.1) is 11.8 Å². The third-order valence-corrected chi connectivity index (χ3v) is 4.67. The zero-order valence-electron chi connectivity index (χ0n) is 9.21. The molecule has 1 aromatic carbocycles. The number of anilines is 1. The number of nitrogens with one attached hydrogen (secondary N) is 1. The molecule has 0 bridgehead atoms. The van der Waals surface area contributed by atoms with Crippen LogP contribution in [0.4, 0.5) is 5.69 Å². The van der Waals surface area contributed by atoms with Crippen LogP contribution in [0.5, 0.6) is 0 Å². The molecule has 1 aliphatic rings. The number of halogens is 1. The van der Waals surface area contributed by atoms with E-state index in [0.717, 1.165) is 40.4 Å². The van der Waals surface area contributed by atoms with Crippen LogP contribution in [0.1, 0.15) is 12.8 Å². The Hall–Kier alpha value is -0.380. The zero-order valence-corrected chi connectivity index (χ0v) is 10.8. The highest BCUT2D eigenvalue weighted by Gasteiger charge is 2.14. The molecule has 1 aliphatic heterocycles. The van der Waals surface area contributed by atoms with Crippen LogP contribution in [-0.4, -0.2) is 18.8 Å². The Morgan fingerprint density at radius 2 is 2.38 bits per heavy atom. The number of benzene rings is 1. The summed E-state index contributed by atoms with van der Waals surface area (Å²) in [7, 11) is 0. The Morgan fingerprint density at radius 1 is 1.50 bits per heavy atom. The van der Waals surface area contributed by atoms with Crippen molar-refractivity contribution in [3.8, 4) is 0 Å². The van der Waals surface area contributed by atoms with Crippen LogP contribution in [0.25, 0.3) is 0 Å². The predicted octanol–water partition coefficient (Wildman–Crippen LogP) is 3.01. The summed E-state index contributed by atoms with van der Waals surface area (Å²) in [5, 5.41) is 4.19. The summed E-state index contributed by atoms with van der Waals surface area (Å²) in [5.41, 5.74) is 6.71. The minimum absolute atomic E-state index is 0.745. The molecule has 1 atom stereocenters. The van der Waals surface area contributed by atoms with Gasteiger partial charge in [-0.3, -0.25) is 0 Å². The van der Waals surface area contributed by atoms with Crippen molar-refractivity contribution < 1.29 is 0 Å². The largest absolute Gasteiger partial charge is 0.398 e. The van der Waals surface area contributed by atoms with E-state index in [2.05, 4.69) is 5.32 Å². The molecule has 0 saturated carbocycles. The van der Waals surface area contributed by atoms with Crippen LogP contribution in [0.15, 0.2) is 23.1 Å². The fourth-order valence-corrected chi connectivity index (χ4v) is 3.42. The molecule has 2 nitrogen and oxygen atoms in total. The van der Waals surface area contributed by atoms with Crippen molar-refractivity contribution in [3.05, 3.63) is 23.2 Å². The van der Waals surface area contributed by atoms with Crippen molar-refractivity contribution in [2.24, 2.45) is 5.92 Å². The highest BCUT2D eigenvalue weighted by molar-refractivity contribution is 7.99. The third-order valence-electron chi connectivity index (χ3n) is 2.86. The fraction of sp³-hybridized carbons (Fsp3) is 0.500. The average molecular weight is 257 g/mol. The Morgan fingerprint density at radius 3 is 3.06 bits per heavy atom. The van der Waals surface area contributed by atoms with E-state index in [1.165, 1.54) is 12.8 Å². The maximum atomic E-state index is 6.13. The van der Waals surface area contributed by atoms with Gasteiger partial charge in [0.1, 0.15) is 0 Å². The molecule has 0 radical (unpaired) electrons. The summed E-state index contributed by atoms with van der Waals surface area (Å²) >= 11 is 7.91. The van der Waals surface area contributed by atoms with Crippen molar-refractivity contribution in [2.75, 3.05) is 24.6 Å². The second kappa shape index (κ2) is 5.80. The molecule has 0 aliphatic carbocycles. The first kappa shape index (κ1) is 12.1. The Kier molecular flexibility index (Phi) is 4.38. The van der Waals surface area contributed by atoms with Crippen LogP contribution >= 0.6 is 23.4 Å². The van der Waals surface area contributed by atoms with Crippen molar-refractivity contribution in [3.63, 3.8) is 0 Å². The molecule has 2 rings (SSSR count). The second-order valence-corrected chi connectivity index (χ2v) is 5.62. The van der Waals surface area contributed by atoms with Gasteiger partial charge in [0.25, 0.3) is 0 Å². The molecule has 1 aromatic rings. The van der Waals surface area contributed by atoms with Gasteiger partial charge < -0.3 is 11.1 Å². The summed E-state index contributed by atoms with van der Waals surface area (Å²) in [5.74, 6) is 1.84. The Bertz CT molecular complexity index is 331. The smallest absolute Gasteiger partial charge is 0.0562 e. The summed E-state index contributed by atoms with van der Waals surface area (Å²) in [6.45, 7) is 2.28. The number of nitrogen functional groups attached to an aromatic ring is 1. The summed E-state index contributed by atoms with van der Waals surface area (Å²) in [6.07, 6.45) is 2.59. The molecular formula is C12H17ClN2S. The predicted molar refractivity (Wildman–Crippen MR) is 72.2 cm³/mol. The molecule has 1 unspecified atom stereocenters. The fourth-order valence-electron chi connectivity index (χ4n) is 1.95. The Labute approximate surface area is 106 Å². The SMILES string of the molecule is Nc1cccc(Cl)c1SCC1CCCNC1. The number of hydrogen-bond acceptors (Lipinski definition) is 3. The van der Waals surface area contributed by atoms with Crippen LogP contribution < -0.4 is 11.1 Å². The van der Waals surface area contributed by atoms with Crippen molar-refractivity contribution >= 4 is 29.1 Å². The minimum Gasteiger partial charge on any atom is -0.398 e. The molecule has 1 fully saturated rings. The lowest BCUT2D eigenvalue weighted by atomic mass is 10.0. The van der Waals surface area contributed by atoms with E-state index in [1.807, 2.05) is 18.2 Å². The first-order valence-corrected chi connectivity index (χ1v) is 7.01. The maximum Gasteiger partial charge on any atom is 0.0562 e. The second-order valence-electron chi connectivity index (χ2n) is 4.18. The van der Waals surface area contributed by atoms with Gasteiger partial charge >= 0.3 is 0 Å². The van der Waals surface area contributed by atoms with Gasteiger partial charge in [-0.1, -0.05) is 17.7 Å². The average Bonchev–Trinajstić information content (AvgIpc) is 2.30. The van der Waals surface area contributed by atoms with E-state index >= 15 is 0 Å². The summed E-state index contributed by atoms with van der Waals surface area (Å²) < 4.78 is 0. The molecule has 4 heteroatoms. The van der Waals surface area contributed by atoms with Gasteiger partial charge in [0, 0.05) is 16.3 Å². The van der Waals surface area contributed by atoms with E-state index in [9.17, 15) is 0 Å². The molecular weight excluding hydrogens is 240 g/mol. The monoisotopic (exact) mass is 256 g/mol. The lowest BCUT2D eigenvalue weighted by Gasteiger charge is -2.22. The topological polar surface area (TPSA) is 38.0 Å². The van der Waals surface area contributed by atoms with Crippen LogP contribution in [0, 0.1) is 5.92 Å². The highest BCUT2D eigenvalue weighted by Crippen LogP contribution is 2.34. The quantitative estimate of drug-likeness (QED) is 0.645. The first-order valence-electron chi connectivity index (χ1n) is 5.65. The zero-order chi connectivity index (χ0) is 11.4. The standard InChI is InChI=1S/C12H17ClN2S/c13-10-4-1-5-11(14)12(10)16-8-9-3-2-6-15-7-9/h1,4-5,9,15H,2-3,6-8,14H2. The van der Waals surface area contributed by atoms with Crippen molar-refractivity contribution in [1.29, 1.82) is 0 Å². The number of hydrogen-bond donors (Lipinski definition) is 2. The number of piperidine rings is 1. The molecule has 0 amide bonds. The lowest BCUT2D eigenvalue weighted by molar-refractivity contribution is 0.410. The molecule has 1 heterocycles. The molecule has 16 heavy (non-hydrogen) atoms. The highest BCUT2D eigenvalue weighted by atomic mass is 35.5. The lowest BCUT2D eigenvalue weighted by Crippen LogP contribution is -2.30. The van der Waals surface area contributed by atoms with Crippen LogP contribution in [0.2, 0.25) is 5.02 Å².